The Morgan fingerprint density at radius 1 is 1.29 bits per heavy atom. The van der Waals surface area contributed by atoms with Crippen LogP contribution in [-0.2, 0) is 9.53 Å². The Bertz CT molecular complexity index is 975. The summed E-state index contributed by atoms with van der Waals surface area (Å²) in [5.41, 5.74) is 1.65. The van der Waals surface area contributed by atoms with Gasteiger partial charge >= 0.3 is 0 Å². The van der Waals surface area contributed by atoms with Crippen LogP contribution in [-0.4, -0.2) is 58.8 Å². The number of piperidine rings is 1. The van der Waals surface area contributed by atoms with Crippen molar-refractivity contribution in [3.8, 4) is 0 Å². The van der Waals surface area contributed by atoms with Gasteiger partial charge < -0.3 is 25.6 Å². The molecule has 10 heteroatoms. The summed E-state index contributed by atoms with van der Waals surface area (Å²) >= 11 is 6.12. The summed E-state index contributed by atoms with van der Waals surface area (Å²) in [6, 6.07) is -0.0901. The zero-order valence-electron chi connectivity index (χ0n) is 16.9. The summed E-state index contributed by atoms with van der Waals surface area (Å²) in [5, 5.41) is 10.1. The molecule has 8 nitrogen and oxygen atoms in total. The van der Waals surface area contributed by atoms with Crippen LogP contribution in [0.2, 0.25) is 0 Å². The number of carbonyl (C=O) groups excluding carboxylic acids is 1. The second-order valence-corrected chi connectivity index (χ2v) is 8.55. The third-order valence-electron chi connectivity index (χ3n) is 5.96. The van der Waals surface area contributed by atoms with Gasteiger partial charge in [-0.2, -0.15) is 0 Å². The summed E-state index contributed by atoms with van der Waals surface area (Å²) < 4.78 is 20.1. The monoisotopic (exact) mass is 446 g/mol. The van der Waals surface area contributed by atoms with E-state index in [1.165, 1.54) is 6.20 Å². The van der Waals surface area contributed by atoms with Crippen molar-refractivity contribution in [2.45, 2.75) is 44.0 Å². The average Bonchev–Trinajstić information content (AvgIpc) is 3.45. The van der Waals surface area contributed by atoms with E-state index in [0.29, 0.717) is 30.6 Å². The summed E-state index contributed by atoms with van der Waals surface area (Å²) in [6.45, 7) is 1.84. The first-order valence-corrected chi connectivity index (χ1v) is 11.0. The highest BCUT2D eigenvalue weighted by Crippen LogP contribution is 2.31. The first-order valence-electron chi connectivity index (χ1n) is 10.6. The van der Waals surface area contributed by atoms with Crippen molar-refractivity contribution in [3.05, 3.63) is 46.9 Å². The molecule has 0 aromatic carbocycles. The number of nitrogens with zero attached hydrogens (tertiary/aromatic N) is 3. The largest absolute Gasteiger partial charge is 0.368 e. The topological polar surface area (TPSA) is 91.4 Å². The number of carbonyl (C=O) groups is 1. The molecule has 3 atom stereocenters. The lowest BCUT2D eigenvalue weighted by Crippen LogP contribution is -2.48. The molecule has 0 spiro atoms. The second-order valence-electron chi connectivity index (χ2n) is 8.11. The third kappa shape index (κ3) is 4.12. The Morgan fingerprint density at radius 3 is 3.00 bits per heavy atom. The number of anilines is 1. The Morgan fingerprint density at radius 2 is 2.16 bits per heavy atom. The molecule has 0 aliphatic carbocycles. The number of likely N-dealkylation sites (tertiary alicyclic amines) is 1. The molecule has 4 aliphatic heterocycles. The number of allylic oxidation sites excluding steroid dienone is 2. The number of amides is 1. The van der Waals surface area contributed by atoms with Crippen molar-refractivity contribution >= 4 is 28.9 Å². The van der Waals surface area contributed by atoms with Crippen LogP contribution in [0.1, 0.15) is 31.5 Å². The first-order chi connectivity index (χ1) is 15.1. The van der Waals surface area contributed by atoms with Gasteiger partial charge in [-0.1, -0.05) is 11.6 Å². The van der Waals surface area contributed by atoms with Crippen molar-refractivity contribution in [2.75, 3.05) is 25.0 Å². The zero-order valence-corrected chi connectivity index (χ0v) is 17.7. The number of hydrogen-bond acceptors (Lipinski definition) is 7. The van der Waals surface area contributed by atoms with Gasteiger partial charge in [0.25, 0.3) is 5.91 Å². The molecule has 0 saturated carbocycles. The Hall–Kier alpha value is -2.65. The van der Waals surface area contributed by atoms with Crippen LogP contribution < -0.4 is 16.0 Å². The molecule has 2 saturated heterocycles. The minimum absolute atomic E-state index is 0.0303. The number of halogens is 2. The number of ether oxygens (including phenoxy) is 1. The van der Waals surface area contributed by atoms with Gasteiger partial charge in [0.1, 0.15) is 12.3 Å². The molecule has 3 N–H and O–H groups in total. The van der Waals surface area contributed by atoms with E-state index in [-0.39, 0.29) is 30.0 Å². The molecule has 2 fully saturated rings. The third-order valence-corrected chi connectivity index (χ3v) is 6.18. The van der Waals surface area contributed by atoms with E-state index in [1.807, 2.05) is 11.0 Å². The molecule has 1 amide bonds. The first kappa shape index (κ1) is 20.3. The number of fused-ring (bicyclic) bond motifs is 1. The maximum absolute atomic E-state index is 14.5. The van der Waals surface area contributed by atoms with E-state index >= 15 is 0 Å². The van der Waals surface area contributed by atoms with Crippen molar-refractivity contribution in [2.24, 2.45) is 0 Å². The molecule has 4 aliphatic rings. The molecule has 5 rings (SSSR count). The smallest absolute Gasteiger partial charge is 0.251 e. The fourth-order valence-corrected chi connectivity index (χ4v) is 4.58. The summed E-state index contributed by atoms with van der Waals surface area (Å²) in [4.78, 5) is 23.1. The molecule has 164 valence electrons. The number of aromatic nitrogens is 2. The van der Waals surface area contributed by atoms with Crippen molar-refractivity contribution in [1.29, 1.82) is 0 Å². The van der Waals surface area contributed by atoms with Gasteiger partial charge in [0.2, 0.25) is 0 Å². The van der Waals surface area contributed by atoms with E-state index in [0.717, 1.165) is 36.8 Å². The Labute approximate surface area is 184 Å². The van der Waals surface area contributed by atoms with E-state index in [1.54, 1.807) is 12.4 Å². The molecule has 5 heterocycles. The molecule has 1 aromatic heterocycles. The van der Waals surface area contributed by atoms with Crippen LogP contribution in [0, 0.1) is 5.82 Å². The number of dihydropyridines is 1. The molecular weight excluding hydrogens is 423 g/mol. The van der Waals surface area contributed by atoms with Gasteiger partial charge in [0.15, 0.2) is 17.5 Å². The predicted molar refractivity (Wildman–Crippen MR) is 114 cm³/mol. The minimum atomic E-state index is -0.525. The van der Waals surface area contributed by atoms with Crippen molar-refractivity contribution in [3.63, 3.8) is 0 Å². The lowest BCUT2D eigenvalue weighted by Gasteiger charge is -2.34. The fourth-order valence-electron chi connectivity index (χ4n) is 4.40. The Balaban J connectivity index is 1.31. The van der Waals surface area contributed by atoms with Gasteiger partial charge in [-0.15, -0.1) is 0 Å². The van der Waals surface area contributed by atoms with E-state index in [9.17, 15) is 9.18 Å². The fraction of sp³-hybridized carbons (Fsp3) is 0.476. The van der Waals surface area contributed by atoms with Crippen molar-refractivity contribution < 1.29 is 13.9 Å². The highest BCUT2D eigenvalue weighted by atomic mass is 35.5. The standard InChI is InChI=1S/C21H24ClFN6O2/c22-12-7-14-15(9-25-18(14)24-8-12)19-26-10-16(23)20(28-19)27-13-3-1-5-29(11-13)21(30)17-4-2-6-31-17/h7-10,13,17-18,24-25H,1-6,11H2,(H,26,27,28)/t13-,17-,18?/m0/s1. The van der Waals surface area contributed by atoms with Gasteiger partial charge in [-0.3, -0.25) is 4.79 Å². The van der Waals surface area contributed by atoms with Crippen LogP contribution in [0.4, 0.5) is 10.2 Å². The van der Waals surface area contributed by atoms with Crippen molar-refractivity contribution in [1.82, 2.24) is 25.5 Å². The van der Waals surface area contributed by atoms with Gasteiger partial charge in [0, 0.05) is 49.3 Å². The van der Waals surface area contributed by atoms with Crippen LogP contribution in [0.3, 0.4) is 0 Å². The van der Waals surface area contributed by atoms with Gasteiger partial charge in [-0.25, -0.2) is 14.4 Å². The summed E-state index contributed by atoms with van der Waals surface area (Å²) in [6.07, 6.45) is 9.43. The van der Waals surface area contributed by atoms with Gasteiger partial charge in [-0.05, 0) is 31.8 Å². The SMILES string of the molecule is O=C([C@@H]1CCCO1)N1CCC[C@H](Nc2nc(C3=CNC4NC=C(Cl)C=C34)ncc2F)C1. The lowest BCUT2D eigenvalue weighted by atomic mass is 10.0. The Kier molecular flexibility index (Phi) is 5.54. The normalized spacial score (nSPS) is 27.5. The van der Waals surface area contributed by atoms with E-state index in [4.69, 9.17) is 16.3 Å². The summed E-state index contributed by atoms with van der Waals surface area (Å²) in [7, 11) is 0. The van der Waals surface area contributed by atoms with E-state index < -0.39 is 5.82 Å². The van der Waals surface area contributed by atoms with Gasteiger partial charge in [0.05, 0.1) is 11.2 Å². The maximum atomic E-state index is 14.5. The highest BCUT2D eigenvalue weighted by Gasteiger charge is 2.32. The van der Waals surface area contributed by atoms with E-state index in [2.05, 4.69) is 25.9 Å². The van der Waals surface area contributed by atoms with Crippen LogP contribution in [0.5, 0.6) is 0 Å². The minimum Gasteiger partial charge on any atom is -0.368 e. The quantitative estimate of drug-likeness (QED) is 0.652. The average molecular weight is 447 g/mol. The number of hydrogen-bond donors (Lipinski definition) is 3. The number of nitrogens with one attached hydrogen (secondary N) is 3. The lowest BCUT2D eigenvalue weighted by molar-refractivity contribution is -0.142. The number of rotatable bonds is 4. The zero-order chi connectivity index (χ0) is 21.4. The molecule has 1 unspecified atom stereocenters. The van der Waals surface area contributed by atoms with Crippen LogP contribution in [0.25, 0.3) is 5.57 Å². The highest BCUT2D eigenvalue weighted by molar-refractivity contribution is 6.31. The molecular formula is C21H24ClFN6O2. The molecule has 1 aromatic rings. The maximum Gasteiger partial charge on any atom is 0.251 e. The second kappa shape index (κ2) is 8.47. The molecule has 0 radical (unpaired) electrons. The molecule has 31 heavy (non-hydrogen) atoms. The van der Waals surface area contributed by atoms with Crippen LogP contribution in [0.15, 0.2) is 35.3 Å². The predicted octanol–water partition coefficient (Wildman–Crippen LogP) is 2.08. The van der Waals surface area contributed by atoms with Crippen LogP contribution >= 0.6 is 11.6 Å². The summed E-state index contributed by atoms with van der Waals surface area (Å²) in [5.74, 6) is 0.0454. The molecule has 0 bridgehead atoms.